The van der Waals surface area contributed by atoms with Gasteiger partial charge in [0.05, 0.1) is 4.92 Å². The molecule has 0 saturated carbocycles. The number of rotatable bonds is 2. The molecule has 0 bridgehead atoms. The predicted molar refractivity (Wildman–Crippen MR) is 40.2 cm³/mol. The fourth-order valence-electron chi connectivity index (χ4n) is 0.723. The lowest BCUT2D eigenvalue weighted by Gasteiger charge is -1.94. The van der Waals surface area contributed by atoms with Crippen molar-refractivity contribution in [1.82, 2.24) is 0 Å². The highest BCUT2D eigenvalue weighted by atomic mass is 16.6. The molecule has 0 radical (unpaired) electrons. The zero-order chi connectivity index (χ0) is 9.14. The van der Waals surface area contributed by atoms with Gasteiger partial charge in [0.15, 0.2) is 5.75 Å². The molecule has 6 nitrogen and oxygen atoms in total. The molecule has 0 unspecified atom stereocenters. The van der Waals surface area contributed by atoms with Gasteiger partial charge < -0.3 is 5.11 Å². The number of nitroso groups, excluding NO2 is 1. The number of phenols is 1. The third-order valence-electron chi connectivity index (χ3n) is 1.26. The second kappa shape index (κ2) is 2.95. The summed E-state index contributed by atoms with van der Waals surface area (Å²) in [6, 6.07) is 3.11. The summed E-state index contributed by atoms with van der Waals surface area (Å²) >= 11 is 0. The highest BCUT2D eigenvalue weighted by Crippen LogP contribution is 2.29. The van der Waals surface area contributed by atoms with Crippen molar-refractivity contribution < 1.29 is 10.0 Å². The molecule has 62 valence electrons. The first-order valence-electron chi connectivity index (χ1n) is 2.96. The minimum atomic E-state index is -0.746. The van der Waals surface area contributed by atoms with Gasteiger partial charge in [-0.15, -0.1) is 4.91 Å². The minimum Gasteiger partial charge on any atom is -0.502 e. The van der Waals surface area contributed by atoms with E-state index < -0.39 is 16.4 Å². The molecule has 0 fully saturated rings. The molecule has 1 aromatic rings. The van der Waals surface area contributed by atoms with Crippen molar-refractivity contribution in [3.8, 4) is 5.75 Å². The summed E-state index contributed by atoms with van der Waals surface area (Å²) < 4.78 is 0. The van der Waals surface area contributed by atoms with Gasteiger partial charge >= 0.3 is 5.69 Å². The number of phenolic OH excluding ortho intramolecular Hbond substituents is 1. The van der Waals surface area contributed by atoms with Crippen LogP contribution in [0.3, 0.4) is 0 Å². The van der Waals surface area contributed by atoms with Gasteiger partial charge in [-0.25, -0.2) is 0 Å². The molecule has 0 amide bonds. The standard InChI is InChI=1S/C6H4N2O4/c9-6-3-4(7-10)1-2-5(6)8(11)12/h1-3,9H. The van der Waals surface area contributed by atoms with E-state index in [0.717, 1.165) is 18.2 Å². The van der Waals surface area contributed by atoms with Crippen LogP contribution in [0.15, 0.2) is 23.4 Å². The third kappa shape index (κ3) is 1.36. The Morgan fingerprint density at radius 3 is 2.58 bits per heavy atom. The van der Waals surface area contributed by atoms with Gasteiger partial charge in [0.1, 0.15) is 5.69 Å². The summed E-state index contributed by atoms with van der Waals surface area (Å²) in [7, 11) is 0. The van der Waals surface area contributed by atoms with Crippen LogP contribution in [-0.2, 0) is 0 Å². The first kappa shape index (κ1) is 8.12. The SMILES string of the molecule is O=Nc1ccc([N+](=O)[O-])c(O)c1. The number of nitro groups is 1. The molecule has 0 heterocycles. The van der Waals surface area contributed by atoms with Crippen LogP contribution in [0.5, 0.6) is 5.75 Å². The van der Waals surface area contributed by atoms with E-state index in [1.54, 1.807) is 0 Å². The van der Waals surface area contributed by atoms with Gasteiger partial charge in [-0.2, -0.15) is 0 Å². The molecule has 1 rings (SSSR count). The quantitative estimate of drug-likeness (QED) is 0.413. The number of hydrogen-bond donors (Lipinski definition) is 1. The maximum absolute atomic E-state index is 10.2. The molecular formula is C6H4N2O4. The molecule has 1 aromatic carbocycles. The van der Waals surface area contributed by atoms with Gasteiger partial charge in [-0.1, -0.05) is 0 Å². The molecule has 1 N–H and O–H groups in total. The van der Waals surface area contributed by atoms with Crippen LogP contribution >= 0.6 is 0 Å². The Labute approximate surface area is 66.6 Å². The lowest BCUT2D eigenvalue weighted by atomic mass is 10.2. The van der Waals surface area contributed by atoms with E-state index in [-0.39, 0.29) is 5.69 Å². The van der Waals surface area contributed by atoms with Crippen molar-refractivity contribution >= 4 is 11.4 Å². The van der Waals surface area contributed by atoms with E-state index in [1.807, 2.05) is 0 Å². The highest BCUT2D eigenvalue weighted by molar-refractivity contribution is 5.54. The minimum absolute atomic E-state index is 0.0434. The maximum Gasteiger partial charge on any atom is 0.310 e. The summed E-state index contributed by atoms with van der Waals surface area (Å²) in [4.78, 5) is 19.3. The van der Waals surface area contributed by atoms with Gasteiger partial charge in [-0.3, -0.25) is 10.1 Å². The van der Waals surface area contributed by atoms with Crippen molar-refractivity contribution in [1.29, 1.82) is 0 Å². The Morgan fingerprint density at radius 1 is 1.50 bits per heavy atom. The lowest BCUT2D eigenvalue weighted by molar-refractivity contribution is -0.385. The monoisotopic (exact) mass is 168 g/mol. The van der Waals surface area contributed by atoms with Crippen molar-refractivity contribution in [3.63, 3.8) is 0 Å². The van der Waals surface area contributed by atoms with Gasteiger partial charge in [-0.05, 0) is 11.2 Å². The predicted octanol–water partition coefficient (Wildman–Crippen LogP) is 1.70. The van der Waals surface area contributed by atoms with Crippen LogP contribution in [0.25, 0.3) is 0 Å². The summed E-state index contributed by atoms with van der Waals surface area (Å²) in [6.07, 6.45) is 0. The summed E-state index contributed by atoms with van der Waals surface area (Å²) in [5, 5.41) is 21.6. The zero-order valence-electron chi connectivity index (χ0n) is 5.80. The zero-order valence-corrected chi connectivity index (χ0v) is 5.80. The molecule has 0 aromatic heterocycles. The molecular weight excluding hydrogens is 164 g/mol. The first-order chi connectivity index (χ1) is 5.65. The fraction of sp³-hybridized carbons (Fsp3) is 0. The first-order valence-corrected chi connectivity index (χ1v) is 2.96. The molecule has 0 aliphatic carbocycles. The largest absolute Gasteiger partial charge is 0.502 e. The topological polar surface area (TPSA) is 92.8 Å². The lowest BCUT2D eigenvalue weighted by Crippen LogP contribution is -1.87. The number of aromatic hydroxyl groups is 1. The molecule has 0 spiro atoms. The Bertz CT molecular complexity index is 336. The van der Waals surface area contributed by atoms with Crippen LogP contribution < -0.4 is 0 Å². The van der Waals surface area contributed by atoms with E-state index in [9.17, 15) is 15.0 Å². The Morgan fingerprint density at radius 2 is 2.17 bits per heavy atom. The van der Waals surface area contributed by atoms with E-state index in [4.69, 9.17) is 5.11 Å². The van der Waals surface area contributed by atoms with Crippen LogP contribution in [0.2, 0.25) is 0 Å². The van der Waals surface area contributed by atoms with Crippen LogP contribution in [0.1, 0.15) is 0 Å². The highest BCUT2D eigenvalue weighted by Gasteiger charge is 2.12. The van der Waals surface area contributed by atoms with E-state index >= 15 is 0 Å². The summed E-state index contributed by atoms with van der Waals surface area (Å²) in [5.41, 5.74) is -0.486. The van der Waals surface area contributed by atoms with Crippen molar-refractivity contribution in [2.75, 3.05) is 0 Å². The van der Waals surface area contributed by atoms with Crippen molar-refractivity contribution in [3.05, 3.63) is 33.2 Å². The molecule has 0 aliphatic rings. The van der Waals surface area contributed by atoms with E-state index in [0.29, 0.717) is 0 Å². The summed E-state index contributed by atoms with van der Waals surface area (Å²) in [5.74, 6) is -0.558. The Kier molecular flexibility index (Phi) is 2.00. The number of nitrogens with zero attached hydrogens (tertiary/aromatic N) is 2. The van der Waals surface area contributed by atoms with Gasteiger partial charge in [0.25, 0.3) is 0 Å². The second-order valence-corrected chi connectivity index (χ2v) is 2.02. The van der Waals surface area contributed by atoms with Gasteiger partial charge in [0.2, 0.25) is 0 Å². The molecule has 6 heteroatoms. The van der Waals surface area contributed by atoms with Crippen molar-refractivity contribution in [2.24, 2.45) is 5.18 Å². The maximum atomic E-state index is 10.2. The molecule has 0 atom stereocenters. The second-order valence-electron chi connectivity index (χ2n) is 2.02. The normalized spacial score (nSPS) is 9.33. The van der Waals surface area contributed by atoms with Crippen LogP contribution in [-0.4, -0.2) is 10.0 Å². The van der Waals surface area contributed by atoms with Crippen LogP contribution in [0.4, 0.5) is 11.4 Å². The van der Waals surface area contributed by atoms with E-state index in [1.165, 1.54) is 0 Å². The average molecular weight is 168 g/mol. The third-order valence-corrected chi connectivity index (χ3v) is 1.26. The smallest absolute Gasteiger partial charge is 0.310 e. The molecule has 0 saturated heterocycles. The molecule has 0 aliphatic heterocycles. The van der Waals surface area contributed by atoms with Crippen molar-refractivity contribution in [2.45, 2.75) is 0 Å². The number of nitro benzene ring substituents is 1. The number of benzene rings is 1. The molecule has 12 heavy (non-hydrogen) atoms. The van der Waals surface area contributed by atoms with E-state index in [2.05, 4.69) is 5.18 Å². The Hall–Kier alpha value is -1.98. The van der Waals surface area contributed by atoms with Gasteiger partial charge in [0, 0.05) is 12.1 Å². The summed E-state index contributed by atoms with van der Waals surface area (Å²) in [6.45, 7) is 0. The fourth-order valence-corrected chi connectivity index (χ4v) is 0.723. The number of hydrogen-bond acceptors (Lipinski definition) is 5. The average Bonchev–Trinajstić information content (AvgIpc) is 2.03. The Balaban J connectivity index is 3.20. The van der Waals surface area contributed by atoms with Crippen LogP contribution in [0, 0.1) is 15.0 Å².